The molecule has 112 valence electrons. The summed E-state index contributed by atoms with van der Waals surface area (Å²) in [7, 11) is -2.79. The van der Waals surface area contributed by atoms with Crippen LogP contribution in [0.4, 0.5) is 0 Å². The van der Waals surface area contributed by atoms with Crippen LogP contribution in [-0.4, -0.2) is 57.0 Å². The van der Waals surface area contributed by atoms with Gasteiger partial charge in [-0.1, -0.05) is 20.3 Å². The average molecular weight is 288 g/mol. The van der Waals surface area contributed by atoms with Crippen LogP contribution in [0.15, 0.2) is 0 Å². The summed E-state index contributed by atoms with van der Waals surface area (Å²) in [5.74, 6) is 0.635. The van der Waals surface area contributed by atoms with E-state index >= 15 is 0 Å². The number of hydrogen-bond acceptors (Lipinski definition) is 4. The van der Waals surface area contributed by atoms with Gasteiger partial charge in [0, 0.05) is 12.6 Å². The van der Waals surface area contributed by atoms with E-state index < -0.39 is 9.84 Å². The van der Waals surface area contributed by atoms with Crippen LogP contribution in [0.2, 0.25) is 0 Å². The molecule has 2 saturated heterocycles. The Morgan fingerprint density at radius 3 is 2.58 bits per heavy atom. The van der Waals surface area contributed by atoms with E-state index in [1.807, 2.05) is 0 Å². The molecule has 0 aliphatic carbocycles. The molecular formula is C14H28N2O2S. The molecule has 4 nitrogen and oxygen atoms in total. The van der Waals surface area contributed by atoms with Gasteiger partial charge in [0.1, 0.15) is 0 Å². The lowest BCUT2D eigenvalue weighted by Gasteiger charge is -2.39. The molecule has 1 unspecified atom stereocenters. The molecule has 0 spiro atoms. The van der Waals surface area contributed by atoms with Crippen molar-refractivity contribution >= 4 is 9.84 Å². The highest BCUT2D eigenvalue weighted by molar-refractivity contribution is 7.91. The van der Waals surface area contributed by atoms with Crippen LogP contribution in [0.25, 0.3) is 0 Å². The third-order valence-corrected chi connectivity index (χ3v) is 6.75. The van der Waals surface area contributed by atoms with Gasteiger partial charge in [-0.05, 0) is 44.3 Å². The first kappa shape index (κ1) is 15.3. The van der Waals surface area contributed by atoms with Crippen molar-refractivity contribution in [2.24, 2.45) is 5.41 Å². The Bertz CT molecular complexity index is 386. The lowest BCUT2D eigenvalue weighted by atomic mass is 9.78. The zero-order valence-corrected chi connectivity index (χ0v) is 13.1. The van der Waals surface area contributed by atoms with Crippen molar-refractivity contribution in [3.63, 3.8) is 0 Å². The Balaban J connectivity index is 1.72. The highest BCUT2D eigenvalue weighted by atomic mass is 32.2. The molecule has 5 heteroatoms. The zero-order chi connectivity index (χ0) is 13.9. The molecule has 19 heavy (non-hydrogen) atoms. The highest BCUT2D eigenvalue weighted by Gasteiger charge is 2.29. The van der Waals surface area contributed by atoms with Crippen LogP contribution in [0, 0.1) is 5.41 Å². The van der Waals surface area contributed by atoms with Crippen molar-refractivity contribution < 1.29 is 8.42 Å². The van der Waals surface area contributed by atoms with Crippen LogP contribution < -0.4 is 5.32 Å². The molecule has 0 saturated carbocycles. The quantitative estimate of drug-likeness (QED) is 0.846. The van der Waals surface area contributed by atoms with E-state index in [-0.39, 0.29) is 6.04 Å². The lowest BCUT2D eigenvalue weighted by molar-refractivity contribution is 0.112. The first-order chi connectivity index (χ1) is 8.92. The van der Waals surface area contributed by atoms with Gasteiger partial charge in [0.15, 0.2) is 9.84 Å². The molecule has 0 aromatic heterocycles. The topological polar surface area (TPSA) is 49.4 Å². The van der Waals surface area contributed by atoms with Gasteiger partial charge in [0.05, 0.1) is 11.5 Å². The Morgan fingerprint density at radius 2 is 2.00 bits per heavy atom. The summed E-state index contributed by atoms with van der Waals surface area (Å²) < 4.78 is 23.2. The van der Waals surface area contributed by atoms with E-state index in [0.29, 0.717) is 23.5 Å². The lowest BCUT2D eigenvalue weighted by Crippen LogP contribution is -2.47. The second-order valence-electron chi connectivity index (χ2n) is 6.56. The minimum absolute atomic E-state index is 0.165. The number of sulfone groups is 1. The maximum Gasteiger partial charge on any atom is 0.153 e. The fourth-order valence-corrected chi connectivity index (χ4v) is 4.55. The van der Waals surface area contributed by atoms with E-state index in [1.165, 1.54) is 32.4 Å². The molecule has 0 radical (unpaired) electrons. The normalized spacial score (nSPS) is 31.2. The average Bonchev–Trinajstić information content (AvgIpc) is 2.37. The second-order valence-corrected chi connectivity index (χ2v) is 8.79. The highest BCUT2D eigenvalue weighted by Crippen LogP contribution is 2.33. The monoisotopic (exact) mass is 288 g/mol. The molecule has 1 N–H and O–H groups in total. The minimum Gasteiger partial charge on any atom is -0.312 e. The van der Waals surface area contributed by atoms with Crippen molar-refractivity contribution in [3.8, 4) is 0 Å². The molecule has 1 atom stereocenters. The van der Waals surface area contributed by atoms with Crippen molar-refractivity contribution in [3.05, 3.63) is 0 Å². The molecule has 0 aromatic carbocycles. The molecule has 2 heterocycles. The Kier molecular flexibility index (Phi) is 4.90. The molecule has 0 amide bonds. The molecule has 2 fully saturated rings. The van der Waals surface area contributed by atoms with Crippen molar-refractivity contribution in [2.75, 3.05) is 37.7 Å². The summed E-state index contributed by atoms with van der Waals surface area (Å²) in [4.78, 5) is 2.50. The predicted molar refractivity (Wildman–Crippen MR) is 79.1 cm³/mol. The van der Waals surface area contributed by atoms with Gasteiger partial charge in [-0.25, -0.2) is 8.42 Å². The molecule has 2 aliphatic heterocycles. The van der Waals surface area contributed by atoms with Crippen LogP contribution in [0.3, 0.4) is 0 Å². The van der Waals surface area contributed by atoms with Gasteiger partial charge in [-0.2, -0.15) is 0 Å². The van der Waals surface area contributed by atoms with E-state index in [2.05, 4.69) is 24.1 Å². The Labute approximate surface area is 117 Å². The number of nitrogens with zero attached hydrogens (tertiary/aromatic N) is 1. The molecule has 0 bridgehead atoms. The predicted octanol–water partition coefficient (Wildman–Crippen LogP) is 1.28. The Morgan fingerprint density at radius 1 is 1.32 bits per heavy atom. The number of hydrogen-bond donors (Lipinski definition) is 1. The first-order valence-electron chi connectivity index (χ1n) is 7.59. The van der Waals surface area contributed by atoms with Crippen molar-refractivity contribution in [1.29, 1.82) is 0 Å². The third-order valence-electron chi connectivity index (χ3n) is 5.01. The Hall–Kier alpha value is -0.130. The summed E-state index contributed by atoms with van der Waals surface area (Å²) in [5, 5.41) is 3.34. The van der Waals surface area contributed by atoms with Gasteiger partial charge in [0.25, 0.3) is 0 Å². The van der Waals surface area contributed by atoms with Crippen LogP contribution in [-0.2, 0) is 9.84 Å². The van der Waals surface area contributed by atoms with E-state index in [1.54, 1.807) is 0 Å². The van der Waals surface area contributed by atoms with Crippen molar-refractivity contribution in [1.82, 2.24) is 10.2 Å². The second kappa shape index (κ2) is 6.10. The molecular weight excluding hydrogens is 260 g/mol. The van der Waals surface area contributed by atoms with Gasteiger partial charge in [-0.15, -0.1) is 0 Å². The summed E-state index contributed by atoms with van der Waals surface area (Å²) in [6, 6.07) is 0.165. The smallest absolute Gasteiger partial charge is 0.153 e. The molecule has 2 aliphatic rings. The minimum atomic E-state index is -2.79. The van der Waals surface area contributed by atoms with Crippen LogP contribution in [0.1, 0.15) is 39.5 Å². The van der Waals surface area contributed by atoms with Gasteiger partial charge < -0.3 is 10.2 Å². The SMILES string of the molecule is CCC1(C)CCN(CCC2CS(=O)(=O)CCN2)CC1. The molecule has 0 aromatic rings. The summed E-state index contributed by atoms with van der Waals surface area (Å²) in [5.41, 5.74) is 0.531. The maximum atomic E-state index is 11.6. The van der Waals surface area contributed by atoms with Crippen LogP contribution >= 0.6 is 0 Å². The van der Waals surface area contributed by atoms with Crippen molar-refractivity contribution in [2.45, 2.75) is 45.6 Å². The fourth-order valence-electron chi connectivity index (χ4n) is 3.06. The van der Waals surface area contributed by atoms with E-state index in [0.717, 1.165) is 13.0 Å². The number of piperidine rings is 1. The standard InChI is InChI=1S/C14H28N2O2S/c1-3-14(2)5-9-16(10-6-14)8-4-13-12-19(17,18)11-7-15-13/h13,15H,3-12H2,1-2H3. The van der Waals surface area contributed by atoms with E-state index in [4.69, 9.17) is 0 Å². The third kappa shape index (κ3) is 4.43. The first-order valence-corrected chi connectivity index (χ1v) is 9.41. The van der Waals surface area contributed by atoms with Gasteiger partial charge in [-0.3, -0.25) is 0 Å². The summed E-state index contributed by atoms with van der Waals surface area (Å²) in [6.45, 7) is 8.67. The molecule has 2 rings (SSSR count). The van der Waals surface area contributed by atoms with Crippen LogP contribution in [0.5, 0.6) is 0 Å². The number of likely N-dealkylation sites (tertiary alicyclic amines) is 1. The fraction of sp³-hybridized carbons (Fsp3) is 1.00. The van der Waals surface area contributed by atoms with Gasteiger partial charge in [0.2, 0.25) is 0 Å². The zero-order valence-electron chi connectivity index (χ0n) is 12.3. The van der Waals surface area contributed by atoms with E-state index in [9.17, 15) is 8.42 Å². The van der Waals surface area contributed by atoms with Gasteiger partial charge >= 0.3 is 0 Å². The largest absolute Gasteiger partial charge is 0.312 e. The maximum absolute atomic E-state index is 11.6. The number of nitrogens with one attached hydrogen (secondary N) is 1. The number of rotatable bonds is 4. The summed E-state index contributed by atoms with van der Waals surface area (Å²) >= 11 is 0. The summed E-state index contributed by atoms with van der Waals surface area (Å²) in [6.07, 6.45) is 4.78.